The average molecular weight is 641 g/mol. The molecule has 1 amide bonds. The molecule has 3 aliphatic heterocycles. The second kappa shape index (κ2) is 14.4. The number of carbonyl (C=O) groups is 1. The molecular weight excluding hydrogens is 594 g/mol. The fourth-order valence-electron chi connectivity index (χ4n) is 5.97. The van der Waals surface area contributed by atoms with E-state index in [9.17, 15) is 34.0 Å². The number of amides is 1. The van der Waals surface area contributed by atoms with Gasteiger partial charge in [0.15, 0.2) is 24.0 Å². The summed E-state index contributed by atoms with van der Waals surface area (Å²) in [5.74, 6) is -1.57. The van der Waals surface area contributed by atoms with Crippen LogP contribution < -0.4 is 38.7 Å². The van der Waals surface area contributed by atoms with Gasteiger partial charge in [-0.15, -0.1) is 0 Å². The zero-order valence-electron chi connectivity index (χ0n) is 24.6. The number of nitrogens with two attached hydrogens (primary N) is 3. The molecule has 0 aromatic rings. The van der Waals surface area contributed by atoms with Crippen molar-refractivity contribution >= 4 is 11.7 Å². The van der Waals surface area contributed by atoms with Crippen LogP contribution in [0.4, 0.5) is 8.78 Å². The third kappa shape index (κ3) is 7.80. The first kappa shape index (κ1) is 35.1. The van der Waals surface area contributed by atoms with Gasteiger partial charge in [0.1, 0.15) is 30.0 Å². The molecule has 254 valence electrons. The van der Waals surface area contributed by atoms with Gasteiger partial charge in [-0.1, -0.05) is 0 Å². The number of aliphatic hydroxyl groups is 4. The van der Waals surface area contributed by atoms with Crippen LogP contribution in [-0.4, -0.2) is 150 Å². The fraction of sp³-hybridized carbons (Fsp3) is 0.920. The van der Waals surface area contributed by atoms with Gasteiger partial charge in [0.25, 0.3) is 12.3 Å². The van der Waals surface area contributed by atoms with Crippen LogP contribution in [0.1, 0.15) is 26.2 Å². The lowest BCUT2D eigenvalue weighted by atomic mass is 9.83. The average Bonchev–Trinajstić information content (AvgIpc) is 3.41. The quantitative estimate of drug-likeness (QED) is 0.0786. The second-order valence-electron chi connectivity index (χ2n) is 12.1. The zero-order chi connectivity index (χ0) is 32.4. The number of likely N-dealkylation sites (N-methyl/N-ethyl adjacent to an activating group) is 1. The number of β-amino-alcohol motifs (C(OH)–C–C–N with tert-alkyl or cyclic N) is 1. The van der Waals surface area contributed by atoms with Crippen LogP contribution in [0.25, 0.3) is 0 Å². The first-order chi connectivity index (χ1) is 20.7. The summed E-state index contributed by atoms with van der Waals surface area (Å²) >= 11 is 0. The maximum Gasteiger partial charge on any atom is 0.294 e. The fourth-order valence-corrected chi connectivity index (χ4v) is 5.97. The second-order valence-corrected chi connectivity index (χ2v) is 12.1. The third-order valence-corrected chi connectivity index (χ3v) is 8.57. The van der Waals surface area contributed by atoms with Gasteiger partial charge < -0.3 is 67.2 Å². The molecule has 4 aliphatic rings. The normalized spacial score (nSPS) is 43.2. The van der Waals surface area contributed by atoms with Crippen LogP contribution in [0.15, 0.2) is 4.99 Å². The summed E-state index contributed by atoms with van der Waals surface area (Å²) in [6.45, 7) is 0.952. The highest BCUT2D eigenvalue weighted by molar-refractivity contribution is 5.86. The van der Waals surface area contributed by atoms with Crippen molar-refractivity contribution in [1.29, 1.82) is 0 Å². The van der Waals surface area contributed by atoms with E-state index in [1.54, 1.807) is 7.05 Å². The number of ether oxygens (including phenoxy) is 4. The van der Waals surface area contributed by atoms with Crippen LogP contribution in [-0.2, 0) is 23.7 Å². The summed E-state index contributed by atoms with van der Waals surface area (Å²) in [4.78, 5) is 16.8. The molecule has 14 N–H and O–H groups in total. The minimum Gasteiger partial charge on any atom is -0.388 e. The molecule has 1 saturated carbocycles. The maximum atomic E-state index is 13.1. The molecule has 12 atom stereocenters. The number of hydrogen-bond donors (Lipinski definition) is 11. The first-order valence-electron chi connectivity index (χ1n) is 14.6. The van der Waals surface area contributed by atoms with Gasteiger partial charge in [0.2, 0.25) is 0 Å². The summed E-state index contributed by atoms with van der Waals surface area (Å²) in [5, 5.41) is 49.5. The molecule has 0 radical (unpaired) electrons. The Morgan fingerprint density at radius 2 is 1.75 bits per heavy atom. The van der Waals surface area contributed by atoms with Crippen molar-refractivity contribution in [3.8, 4) is 0 Å². The molecule has 4 rings (SSSR count). The Hall–Kier alpha value is -1.72. The summed E-state index contributed by atoms with van der Waals surface area (Å²) in [6, 6.07) is -3.41. The maximum absolute atomic E-state index is 13.1. The number of hydrogen-bond acceptors (Lipinski definition) is 15. The third-order valence-electron chi connectivity index (χ3n) is 8.57. The van der Waals surface area contributed by atoms with Gasteiger partial charge in [-0.25, -0.2) is 8.78 Å². The van der Waals surface area contributed by atoms with Crippen LogP contribution in [0, 0.1) is 0 Å². The predicted molar refractivity (Wildman–Crippen MR) is 149 cm³/mol. The Balaban J connectivity index is 1.52. The molecule has 4 fully saturated rings. The number of hydrazine groups is 1. The number of nitrogens with one attached hydrogen (secondary N) is 4. The van der Waals surface area contributed by atoms with E-state index in [4.69, 9.17) is 36.1 Å². The van der Waals surface area contributed by atoms with E-state index in [-0.39, 0.29) is 32.7 Å². The number of alkyl halides is 2. The molecule has 44 heavy (non-hydrogen) atoms. The van der Waals surface area contributed by atoms with E-state index in [0.717, 1.165) is 0 Å². The SMILES string of the molecule is CNC1C(O)C(OC2C(NC(=O)C3(O)CNNC3)CC(N)C(OC3OC(CN=C(N)C(F)F)CCC3N)C2O)OCC1(C)O. The molecule has 3 heterocycles. The van der Waals surface area contributed by atoms with Crippen LogP contribution in [0.2, 0.25) is 0 Å². The standard InChI is InChI=1S/C25H46F2N8O9/c1-24(39)9-41-22(15(37)18(24)31-2)44-17-13(35-23(38)25(40)7-33-34-8-25)5-12(29)16(14(17)36)43-21-11(28)4-3-10(42-21)6-32-20(30)19(26)27/h10-19,21-22,31,33-34,36-37,39-40H,3-9,28-29H2,1-2H3,(H2,30,32)(H,35,38). The zero-order valence-corrected chi connectivity index (χ0v) is 24.6. The molecule has 12 unspecified atom stereocenters. The van der Waals surface area contributed by atoms with Crippen molar-refractivity contribution in [2.75, 3.05) is 33.3 Å². The lowest BCUT2D eigenvalue weighted by Gasteiger charge is -2.49. The predicted octanol–water partition coefficient (Wildman–Crippen LogP) is -5.32. The lowest BCUT2D eigenvalue weighted by Crippen LogP contribution is -2.70. The van der Waals surface area contributed by atoms with E-state index >= 15 is 0 Å². The van der Waals surface area contributed by atoms with Gasteiger partial charge >= 0.3 is 0 Å². The number of aliphatic imine (C=N–C) groups is 1. The number of rotatable bonds is 10. The summed E-state index contributed by atoms with van der Waals surface area (Å²) < 4.78 is 49.2. The Morgan fingerprint density at radius 1 is 1.09 bits per heavy atom. The van der Waals surface area contributed by atoms with Gasteiger partial charge in [-0.2, -0.15) is 0 Å². The van der Waals surface area contributed by atoms with Crippen molar-refractivity contribution in [3.05, 3.63) is 0 Å². The number of halogens is 2. The Labute approximate surface area is 253 Å². The van der Waals surface area contributed by atoms with Crippen molar-refractivity contribution in [3.63, 3.8) is 0 Å². The van der Waals surface area contributed by atoms with Gasteiger partial charge in [0, 0.05) is 19.1 Å². The number of nitrogens with zero attached hydrogens (tertiary/aromatic N) is 1. The van der Waals surface area contributed by atoms with Crippen LogP contribution >= 0.6 is 0 Å². The number of carbonyl (C=O) groups excluding carboxylic acids is 1. The van der Waals surface area contributed by atoms with E-state index in [2.05, 4.69) is 26.5 Å². The number of amidine groups is 1. The van der Waals surface area contributed by atoms with E-state index in [1.165, 1.54) is 6.92 Å². The van der Waals surface area contributed by atoms with E-state index in [1.807, 2.05) is 0 Å². The van der Waals surface area contributed by atoms with Gasteiger partial charge in [-0.05, 0) is 33.2 Å². The summed E-state index contributed by atoms with van der Waals surface area (Å²) in [7, 11) is 1.55. The minimum absolute atomic E-state index is 0.00827. The molecule has 1 aliphatic carbocycles. The summed E-state index contributed by atoms with van der Waals surface area (Å²) in [6.07, 6.45) is -10.6. The Bertz CT molecular complexity index is 1010. The topological polar surface area (TPSA) is 273 Å². The van der Waals surface area contributed by atoms with Crippen molar-refractivity contribution in [2.45, 2.75) is 111 Å². The largest absolute Gasteiger partial charge is 0.388 e. The highest BCUT2D eigenvalue weighted by Gasteiger charge is 2.53. The molecule has 0 aromatic heterocycles. The highest BCUT2D eigenvalue weighted by Crippen LogP contribution is 2.32. The lowest BCUT2D eigenvalue weighted by molar-refractivity contribution is -0.307. The Kier molecular flexibility index (Phi) is 11.5. The molecular formula is C25H46F2N8O9. The number of aliphatic hydroxyl groups excluding tert-OH is 2. The van der Waals surface area contributed by atoms with Gasteiger partial charge in [-0.3, -0.25) is 20.6 Å². The Morgan fingerprint density at radius 3 is 2.39 bits per heavy atom. The van der Waals surface area contributed by atoms with E-state index in [0.29, 0.717) is 12.8 Å². The molecule has 3 saturated heterocycles. The molecule has 0 aromatic carbocycles. The van der Waals surface area contributed by atoms with Crippen molar-refractivity contribution in [2.24, 2.45) is 22.2 Å². The van der Waals surface area contributed by atoms with Crippen LogP contribution in [0.5, 0.6) is 0 Å². The van der Waals surface area contributed by atoms with Gasteiger partial charge in [0.05, 0.1) is 37.4 Å². The summed E-state index contributed by atoms with van der Waals surface area (Å²) in [5.41, 5.74) is 20.0. The smallest absolute Gasteiger partial charge is 0.294 e. The minimum atomic E-state index is -2.91. The van der Waals surface area contributed by atoms with Crippen LogP contribution in [0.3, 0.4) is 0 Å². The molecule has 0 bridgehead atoms. The van der Waals surface area contributed by atoms with E-state index < -0.39 is 96.6 Å². The van der Waals surface area contributed by atoms with Crippen molar-refractivity contribution < 1.29 is 52.9 Å². The highest BCUT2D eigenvalue weighted by atomic mass is 19.3. The monoisotopic (exact) mass is 640 g/mol. The molecule has 17 nitrogen and oxygen atoms in total. The molecule has 0 spiro atoms. The van der Waals surface area contributed by atoms with Crippen molar-refractivity contribution in [1.82, 2.24) is 21.5 Å². The molecule has 19 heteroatoms. The first-order valence-corrected chi connectivity index (χ1v) is 14.6.